The molecule has 3 aromatic rings. The van der Waals surface area contributed by atoms with Crippen molar-refractivity contribution < 1.29 is 9.25 Å². The van der Waals surface area contributed by atoms with E-state index in [0.717, 1.165) is 34.2 Å². The Morgan fingerprint density at radius 1 is 1.00 bits per heavy atom. The summed E-state index contributed by atoms with van der Waals surface area (Å²) in [5.41, 5.74) is 1.81. The van der Waals surface area contributed by atoms with Crippen LogP contribution in [0.1, 0.15) is 0 Å². The van der Waals surface area contributed by atoms with Crippen LogP contribution in [0.5, 0.6) is 0 Å². The monoisotopic (exact) mass is 308 g/mol. The second-order valence-electron chi connectivity index (χ2n) is 5.59. The molecule has 23 heavy (non-hydrogen) atoms. The lowest BCUT2D eigenvalue weighted by molar-refractivity contribution is 0.117. The molecule has 2 aromatic carbocycles. The summed E-state index contributed by atoms with van der Waals surface area (Å²) in [6.07, 6.45) is 0. The third-order valence-corrected chi connectivity index (χ3v) is 3.50. The lowest BCUT2D eigenvalue weighted by atomic mass is 10.1. The minimum Gasteiger partial charge on any atom is -0.456 e. The van der Waals surface area contributed by atoms with Crippen LogP contribution in [-0.2, 0) is 4.84 Å². The number of nitrogens with zero attached hydrogens (tertiary/aromatic N) is 2. The van der Waals surface area contributed by atoms with E-state index in [1.165, 1.54) is 0 Å². The van der Waals surface area contributed by atoms with E-state index in [1.54, 1.807) is 0 Å². The summed E-state index contributed by atoms with van der Waals surface area (Å²) in [5, 5.41) is 6.03. The first kappa shape index (κ1) is 15.3. The molecule has 0 saturated carbocycles. The van der Waals surface area contributed by atoms with E-state index in [9.17, 15) is 0 Å². The zero-order chi connectivity index (χ0) is 16.1. The minimum atomic E-state index is 0.550. The SMILES string of the molecule is CN(C)CCO/N=c1\cc(-c2ccccc2)oc2ccccc12. The molecular formula is C19H20N2O2. The number of hydrogen-bond acceptors (Lipinski definition) is 4. The van der Waals surface area contributed by atoms with Crippen LogP contribution in [0, 0.1) is 0 Å². The average molecular weight is 308 g/mol. The molecule has 4 nitrogen and oxygen atoms in total. The zero-order valence-corrected chi connectivity index (χ0v) is 13.4. The third kappa shape index (κ3) is 3.79. The van der Waals surface area contributed by atoms with Gasteiger partial charge >= 0.3 is 0 Å². The van der Waals surface area contributed by atoms with Crippen molar-refractivity contribution in [3.63, 3.8) is 0 Å². The molecule has 0 N–H and O–H groups in total. The van der Waals surface area contributed by atoms with Crippen LogP contribution in [0.15, 0.2) is 70.2 Å². The maximum absolute atomic E-state index is 6.01. The van der Waals surface area contributed by atoms with Crippen molar-refractivity contribution >= 4 is 11.0 Å². The van der Waals surface area contributed by atoms with Crippen molar-refractivity contribution in [2.45, 2.75) is 0 Å². The van der Waals surface area contributed by atoms with Gasteiger partial charge in [-0.25, -0.2) is 0 Å². The molecule has 0 amide bonds. The molecule has 0 aliphatic rings. The van der Waals surface area contributed by atoms with E-state index in [1.807, 2.05) is 74.8 Å². The summed E-state index contributed by atoms with van der Waals surface area (Å²) in [6, 6.07) is 19.8. The van der Waals surface area contributed by atoms with Crippen molar-refractivity contribution in [1.29, 1.82) is 0 Å². The lowest BCUT2D eigenvalue weighted by Gasteiger charge is -2.08. The number of hydrogen-bond donors (Lipinski definition) is 0. The Kier molecular flexibility index (Phi) is 4.74. The maximum atomic E-state index is 6.01. The number of benzene rings is 2. The third-order valence-electron chi connectivity index (χ3n) is 3.50. The van der Waals surface area contributed by atoms with Crippen LogP contribution >= 0.6 is 0 Å². The summed E-state index contributed by atoms with van der Waals surface area (Å²) >= 11 is 0. The Morgan fingerprint density at radius 2 is 1.74 bits per heavy atom. The Bertz CT molecular complexity index is 839. The van der Waals surface area contributed by atoms with E-state index < -0.39 is 0 Å². The van der Waals surface area contributed by atoms with Gasteiger partial charge in [-0.05, 0) is 26.2 Å². The molecule has 4 heteroatoms. The summed E-state index contributed by atoms with van der Waals surface area (Å²) in [7, 11) is 4.02. The fourth-order valence-electron chi connectivity index (χ4n) is 2.28. The number of likely N-dealkylation sites (N-methyl/N-ethyl adjacent to an activating group) is 1. The predicted molar refractivity (Wildman–Crippen MR) is 91.7 cm³/mol. The van der Waals surface area contributed by atoms with Crippen LogP contribution in [0.3, 0.4) is 0 Å². The van der Waals surface area contributed by atoms with Gasteiger partial charge in [0.2, 0.25) is 0 Å². The fourth-order valence-corrected chi connectivity index (χ4v) is 2.28. The molecule has 0 radical (unpaired) electrons. The molecular weight excluding hydrogens is 288 g/mol. The van der Waals surface area contributed by atoms with E-state index in [-0.39, 0.29) is 0 Å². The van der Waals surface area contributed by atoms with E-state index in [4.69, 9.17) is 9.25 Å². The second-order valence-corrected chi connectivity index (χ2v) is 5.59. The molecule has 0 bridgehead atoms. The minimum absolute atomic E-state index is 0.550. The van der Waals surface area contributed by atoms with Crippen molar-refractivity contribution in [2.24, 2.45) is 5.16 Å². The van der Waals surface area contributed by atoms with Crippen LogP contribution < -0.4 is 5.36 Å². The quantitative estimate of drug-likeness (QED) is 0.535. The first-order chi connectivity index (χ1) is 11.2. The van der Waals surface area contributed by atoms with Gasteiger partial charge in [0.1, 0.15) is 23.3 Å². The Morgan fingerprint density at radius 3 is 2.52 bits per heavy atom. The molecule has 0 fully saturated rings. The number of fused-ring (bicyclic) bond motifs is 1. The van der Waals surface area contributed by atoms with E-state index >= 15 is 0 Å². The molecule has 1 aromatic heterocycles. The summed E-state index contributed by atoms with van der Waals surface area (Å²) in [4.78, 5) is 7.53. The topological polar surface area (TPSA) is 38.0 Å². The predicted octanol–water partition coefficient (Wildman–Crippen LogP) is 3.49. The highest BCUT2D eigenvalue weighted by Gasteiger charge is 2.05. The van der Waals surface area contributed by atoms with E-state index in [0.29, 0.717) is 6.61 Å². The highest BCUT2D eigenvalue weighted by molar-refractivity contribution is 5.78. The zero-order valence-electron chi connectivity index (χ0n) is 13.4. The molecule has 118 valence electrons. The van der Waals surface area contributed by atoms with Crippen LogP contribution in [0.4, 0.5) is 0 Å². The smallest absolute Gasteiger partial charge is 0.136 e. The molecule has 3 rings (SSSR count). The normalized spacial score (nSPS) is 12.0. The van der Waals surface area contributed by atoms with Gasteiger partial charge in [0.15, 0.2) is 0 Å². The number of para-hydroxylation sites is 1. The van der Waals surface area contributed by atoms with Crippen LogP contribution in [0.25, 0.3) is 22.3 Å². The molecule has 0 aliphatic carbocycles. The van der Waals surface area contributed by atoms with Gasteiger partial charge in [-0.2, -0.15) is 0 Å². The Hall–Kier alpha value is -2.59. The molecule has 0 aliphatic heterocycles. The van der Waals surface area contributed by atoms with Crippen molar-refractivity contribution in [1.82, 2.24) is 4.90 Å². The van der Waals surface area contributed by atoms with Gasteiger partial charge in [0.25, 0.3) is 0 Å². The van der Waals surface area contributed by atoms with Gasteiger partial charge in [0.05, 0.1) is 0 Å². The van der Waals surface area contributed by atoms with Gasteiger partial charge in [-0.3, -0.25) is 0 Å². The lowest BCUT2D eigenvalue weighted by Crippen LogP contribution is -2.17. The molecule has 0 saturated heterocycles. The Balaban J connectivity index is 2.03. The van der Waals surface area contributed by atoms with Gasteiger partial charge < -0.3 is 14.2 Å². The van der Waals surface area contributed by atoms with Crippen molar-refractivity contribution in [3.8, 4) is 11.3 Å². The van der Waals surface area contributed by atoms with Gasteiger partial charge in [-0.15, -0.1) is 0 Å². The Labute approximate surface area is 135 Å². The average Bonchev–Trinajstić information content (AvgIpc) is 2.59. The van der Waals surface area contributed by atoms with Crippen LogP contribution in [0.2, 0.25) is 0 Å². The molecule has 1 heterocycles. The molecule has 0 atom stereocenters. The van der Waals surface area contributed by atoms with E-state index in [2.05, 4.69) is 10.1 Å². The first-order valence-electron chi connectivity index (χ1n) is 7.63. The maximum Gasteiger partial charge on any atom is 0.136 e. The standard InChI is InChI=1S/C19H20N2O2/c1-21(2)12-13-22-20-17-14-19(15-8-4-3-5-9-15)23-18-11-7-6-10-16(17)18/h3-11,14H,12-13H2,1-2H3/b20-17+. The van der Waals surface area contributed by atoms with Crippen molar-refractivity contribution in [3.05, 3.63) is 66.0 Å². The van der Waals surface area contributed by atoms with Gasteiger partial charge in [0, 0.05) is 23.6 Å². The highest BCUT2D eigenvalue weighted by Crippen LogP contribution is 2.21. The highest BCUT2D eigenvalue weighted by atomic mass is 16.6. The van der Waals surface area contributed by atoms with Gasteiger partial charge in [-0.1, -0.05) is 47.6 Å². The van der Waals surface area contributed by atoms with Crippen LogP contribution in [-0.4, -0.2) is 32.1 Å². The summed E-state index contributed by atoms with van der Waals surface area (Å²) < 4.78 is 6.01. The fraction of sp³-hybridized carbons (Fsp3) is 0.211. The molecule has 0 unspecified atom stereocenters. The second kappa shape index (κ2) is 7.11. The number of rotatable bonds is 5. The largest absolute Gasteiger partial charge is 0.456 e. The summed E-state index contributed by atoms with van der Waals surface area (Å²) in [6.45, 7) is 1.37. The first-order valence-corrected chi connectivity index (χ1v) is 7.63. The summed E-state index contributed by atoms with van der Waals surface area (Å²) in [5.74, 6) is 0.777. The molecule has 0 spiro atoms. The van der Waals surface area contributed by atoms with Crippen molar-refractivity contribution in [2.75, 3.05) is 27.2 Å².